The molecule has 7 rings (SSSR count). The molecule has 0 aromatic heterocycles. The Morgan fingerprint density at radius 3 is 2.39 bits per heavy atom. The molecule has 8 atom stereocenters. The Labute approximate surface area is 288 Å². The van der Waals surface area contributed by atoms with Crippen molar-refractivity contribution in [2.24, 2.45) is 34.0 Å². The van der Waals surface area contributed by atoms with Crippen LogP contribution >= 0.6 is 0 Å². The zero-order valence-electron chi connectivity index (χ0n) is 29.9. The first kappa shape index (κ1) is 34.8. The number of piperidine rings is 1. The minimum absolute atomic E-state index is 0.0296. The molecular weight excluding hydrogens is 633 g/mol. The molecule has 0 bridgehead atoms. The standard InChI is InChI=1S/C38H52FNO9/c1-32(2,3)48-31(45)40-14-12-36(13-15-40)18-22(19-36)30(44)46-21-28(43)38-29(47-33(4,5)49-38)17-26-25-9-8-23-16-24(41)10-11-34(23,6)37(25,39)27(42)20-35(26,38)7/h10-11,16,22,25-27,29,42H,8-9,12-15,17-21H2,1-7H3/t25-,26-,27-,29+,34-,35-,37-,38+/m0/s1. The Balaban J connectivity index is 1.04. The van der Waals surface area contributed by atoms with Crippen LogP contribution < -0.4 is 0 Å². The molecule has 6 fully saturated rings. The Kier molecular flexibility index (Phi) is 7.77. The van der Waals surface area contributed by atoms with Crippen LogP contribution in [0.2, 0.25) is 0 Å². The van der Waals surface area contributed by atoms with Crippen LogP contribution in [0.15, 0.2) is 23.8 Å². The maximum atomic E-state index is 17.7. The molecule has 5 aliphatic carbocycles. The first-order valence-electron chi connectivity index (χ1n) is 18.1. The largest absolute Gasteiger partial charge is 0.457 e. The number of halogens is 1. The van der Waals surface area contributed by atoms with Gasteiger partial charge in [-0.25, -0.2) is 9.18 Å². The average Bonchev–Trinajstić information content (AvgIpc) is 3.40. The molecule has 0 radical (unpaired) electrons. The highest BCUT2D eigenvalue weighted by Gasteiger charge is 2.80. The zero-order valence-corrected chi connectivity index (χ0v) is 29.9. The van der Waals surface area contributed by atoms with Crippen LogP contribution in [0.3, 0.4) is 0 Å². The summed E-state index contributed by atoms with van der Waals surface area (Å²) in [7, 11) is 0. The number of alkyl halides is 1. The third kappa shape index (κ3) is 5.02. The van der Waals surface area contributed by atoms with Crippen LogP contribution in [0.4, 0.5) is 9.18 Å². The lowest BCUT2D eigenvalue weighted by molar-refractivity contribution is -0.246. The molecule has 11 heteroatoms. The zero-order chi connectivity index (χ0) is 35.6. The van der Waals surface area contributed by atoms with E-state index in [1.807, 2.05) is 27.7 Å². The van der Waals surface area contributed by atoms with Gasteiger partial charge in [-0.15, -0.1) is 0 Å². The van der Waals surface area contributed by atoms with E-state index in [0.29, 0.717) is 50.8 Å². The van der Waals surface area contributed by atoms with Gasteiger partial charge in [-0.3, -0.25) is 14.4 Å². The minimum Gasteiger partial charge on any atom is -0.457 e. The molecule has 2 saturated heterocycles. The lowest BCUT2D eigenvalue weighted by Gasteiger charge is -2.62. The van der Waals surface area contributed by atoms with Gasteiger partial charge in [0.05, 0.1) is 18.1 Å². The molecule has 49 heavy (non-hydrogen) atoms. The van der Waals surface area contributed by atoms with Gasteiger partial charge in [0.2, 0.25) is 5.78 Å². The predicted molar refractivity (Wildman–Crippen MR) is 175 cm³/mol. The fourth-order valence-electron chi connectivity index (χ4n) is 11.2. The van der Waals surface area contributed by atoms with Gasteiger partial charge in [-0.2, -0.15) is 0 Å². The van der Waals surface area contributed by atoms with Gasteiger partial charge in [0, 0.05) is 29.8 Å². The first-order valence-corrected chi connectivity index (χ1v) is 18.1. The number of allylic oxidation sites excluding steroid dienone is 4. The van der Waals surface area contributed by atoms with Crippen molar-refractivity contribution < 1.29 is 47.6 Å². The predicted octanol–water partition coefficient (Wildman–Crippen LogP) is 5.40. The molecule has 1 N–H and O–H groups in total. The monoisotopic (exact) mass is 685 g/mol. The number of likely N-dealkylation sites (tertiary alicyclic amines) is 1. The SMILES string of the molecule is CC(C)(C)OC(=O)N1CCC2(CC1)CC(C(=O)OCC(=O)[C@@]13OC(C)(C)O[C@@H]1C[C@H]1[C@@H]4CCC5=CC(=O)C=C[C@]5(C)[C@@]4(F)[C@@H](O)C[C@@]13C)C2. The number of carbonyl (C=O) groups is 4. The number of aliphatic hydroxyl groups excluding tert-OH is 1. The summed E-state index contributed by atoms with van der Waals surface area (Å²) in [6.45, 7) is 13.3. The van der Waals surface area contributed by atoms with E-state index in [1.54, 1.807) is 31.7 Å². The number of Topliss-reactive ketones (excluding diaryl/α,β-unsaturated/α-hetero) is 1. The molecule has 270 valence electrons. The van der Waals surface area contributed by atoms with Crippen LogP contribution in [0.1, 0.15) is 99.8 Å². The van der Waals surface area contributed by atoms with Crippen molar-refractivity contribution in [3.63, 3.8) is 0 Å². The van der Waals surface area contributed by atoms with Gasteiger partial charge in [-0.1, -0.05) is 18.6 Å². The maximum Gasteiger partial charge on any atom is 0.410 e. The molecule has 2 heterocycles. The van der Waals surface area contributed by atoms with Crippen LogP contribution in [0, 0.1) is 34.0 Å². The summed E-state index contributed by atoms with van der Waals surface area (Å²) in [4.78, 5) is 54.2. The first-order chi connectivity index (χ1) is 22.7. The van der Waals surface area contributed by atoms with Crippen molar-refractivity contribution in [2.75, 3.05) is 19.7 Å². The summed E-state index contributed by atoms with van der Waals surface area (Å²) in [6, 6.07) is 0. The number of carbonyl (C=O) groups excluding carboxylic acids is 4. The van der Waals surface area contributed by atoms with Gasteiger partial charge in [0.15, 0.2) is 29.4 Å². The third-order valence-electron chi connectivity index (χ3n) is 13.6. The molecule has 10 nitrogen and oxygen atoms in total. The second-order valence-corrected chi connectivity index (χ2v) is 17.9. The average molecular weight is 686 g/mol. The van der Waals surface area contributed by atoms with Gasteiger partial charge >= 0.3 is 12.1 Å². The number of fused-ring (bicyclic) bond motifs is 7. The maximum absolute atomic E-state index is 17.7. The van der Waals surface area contributed by atoms with E-state index in [4.69, 9.17) is 18.9 Å². The van der Waals surface area contributed by atoms with Crippen LogP contribution in [0.25, 0.3) is 0 Å². The van der Waals surface area contributed by atoms with E-state index in [0.717, 1.165) is 12.8 Å². The number of hydrogen-bond donors (Lipinski definition) is 1. The quantitative estimate of drug-likeness (QED) is 0.387. The van der Waals surface area contributed by atoms with E-state index < -0.39 is 70.0 Å². The molecule has 1 spiro atoms. The van der Waals surface area contributed by atoms with Crippen molar-refractivity contribution in [3.8, 4) is 0 Å². The summed E-state index contributed by atoms with van der Waals surface area (Å²) in [5.41, 5.74) is -5.63. The number of nitrogens with zero attached hydrogens (tertiary/aromatic N) is 1. The number of rotatable bonds is 4. The topological polar surface area (TPSA) is 129 Å². The highest BCUT2D eigenvalue weighted by Crippen LogP contribution is 2.72. The van der Waals surface area contributed by atoms with Crippen molar-refractivity contribution >= 4 is 23.6 Å². The third-order valence-corrected chi connectivity index (χ3v) is 13.6. The normalized spacial score (nSPS) is 41.9. The fraction of sp³-hybridized carbons (Fsp3) is 0.789. The molecule has 2 aliphatic heterocycles. The second kappa shape index (κ2) is 10.9. The molecule has 0 aromatic rings. The van der Waals surface area contributed by atoms with Crippen LogP contribution in [0.5, 0.6) is 0 Å². The van der Waals surface area contributed by atoms with Gasteiger partial charge in [0.1, 0.15) is 5.60 Å². The van der Waals surface area contributed by atoms with E-state index in [-0.39, 0.29) is 35.5 Å². The van der Waals surface area contributed by atoms with E-state index in [2.05, 4.69) is 0 Å². The lowest BCUT2D eigenvalue weighted by atomic mass is 9.44. The Hall–Kier alpha value is -2.63. The number of ether oxygens (including phenoxy) is 4. The second-order valence-electron chi connectivity index (χ2n) is 17.9. The summed E-state index contributed by atoms with van der Waals surface area (Å²) >= 11 is 0. The van der Waals surface area contributed by atoms with Crippen molar-refractivity contribution in [2.45, 2.75) is 135 Å². The molecule has 0 aromatic carbocycles. The van der Waals surface area contributed by atoms with Crippen molar-refractivity contribution in [3.05, 3.63) is 23.8 Å². The fourth-order valence-corrected chi connectivity index (χ4v) is 11.2. The summed E-state index contributed by atoms with van der Waals surface area (Å²) in [6.07, 6.45) is 6.16. The molecule has 0 unspecified atom stereocenters. The summed E-state index contributed by atoms with van der Waals surface area (Å²) < 4.78 is 41.8. The smallest absolute Gasteiger partial charge is 0.410 e. The molecular formula is C38H52FNO9. The van der Waals surface area contributed by atoms with Crippen molar-refractivity contribution in [1.29, 1.82) is 0 Å². The summed E-state index contributed by atoms with van der Waals surface area (Å²) in [5, 5.41) is 11.8. The number of ketones is 2. The summed E-state index contributed by atoms with van der Waals surface area (Å²) in [5.74, 6) is -3.43. The number of hydrogen-bond acceptors (Lipinski definition) is 9. The highest BCUT2D eigenvalue weighted by atomic mass is 19.1. The Morgan fingerprint density at radius 1 is 1.06 bits per heavy atom. The van der Waals surface area contributed by atoms with Crippen LogP contribution in [-0.2, 0) is 33.3 Å². The minimum atomic E-state index is -2.05. The number of amides is 1. The Morgan fingerprint density at radius 2 is 1.73 bits per heavy atom. The van der Waals surface area contributed by atoms with Crippen molar-refractivity contribution in [1.82, 2.24) is 4.90 Å². The van der Waals surface area contributed by atoms with E-state index in [1.165, 1.54) is 12.2 Å². The van der Waals surface area contributed by atoms with Crippen LogP contribution in [-0.4, -0.2) is 88.2 Å². The van der Waals surface area contributed by atoms with Gasteiger partial charge in [0.25, 0.3) is 0 Å². The molecule has 4 saturated carbocycles. The molecule has 7 aliphatic rings. The van der Waals surface area contributed by atoms with E-state index >= 15 is 4.39 Å². The van der Waals surface area contributed by atoms with Gasteiger partial charge in [-0.05, 0) is 116 Å². The number of esters is 1. The van der Waals surface area contributed by atoms with E-state index in [9.17, 15) is 24.3 Å². The Bertz CT molecular complexity index is 1510. The lowest BCUT2D eigenvalue weighted by Crippen LogP contribution is -2.70. The molecule has 1 amide bonds. The van der Waals surface area contributed by atoms with Gasteiger partial charge < -0.3 is 29.0 Å². The number of aliphatic hydroxyl groups is 1. The highest BCUT2D eigenvalue weighted by molar-refractivity contribution is 6.01.